The first-order valence-electron chi connectivity index (χ1n) is 6.14. The minimum absolute atomic E-state index is 0.245. The molecule has 0 saturated carbocycles. The minimum atomic E-state index is 0.245. The van der Waals surface area contributed by atoms with Crippen LogP contribution in [-0.4, -0.2) is 6.04 Å². The predicted octanol–water partition coefficient (Wildman–Crippen LogP) is 3.79. The lowest BCUT2D eigenvalue weighted by Crippen LogP contribution is -2.22. The van der Waals surface area contributed by atoms with E-state index in [0.717, 1.165) is 6.54 Å². The van der Waals surface area contributed by atoms with E-state index in [4.69, 9.17) is 0 Å². The normalized spacial score (nSPS) is 12.2. The molecular weight excluding hydrogens is 194 g/mol. The number of rotatable bonds is 3. The van der Waals surface area contributed by atoms with Crippen LogP contribution in [0, 0.1) is 6.92 Å². The van der Waals surface area contributed by atoms with Crippen molar-refractivity contribution in [2.24, 2.45) is 0 Å². The van der Waals surface area contributed by atoms with E-state index in [1.54, 1.807) is 0 Å². The standard InChI is InChI=1S/C15H25N/c1-11(2)16-10-13-7-8-14(9-12(13)3)15(4,5)6/h7-9,11,16H,10H2,1-6H3. The van der Waals surface area contributed by atoms with Gasteiger partial charge in [0.15, 0.2) is 0 Å². The molecule has 1 aromatic carbocycles. The lowest BCUT2D eigenvalue weighted by molar-refractivity contribution is 0.580. The van der Waals surface area contributed by atoms with Crippen LogP contribution in [0.4, 0.5) is 0 Å². The molecule has 0 bridgehead atoms. The average Bonchev–Trinajstić information content (AvgIpc) is 2.14. The van der Waals surface area contributed by atoms with Crippen LogP contribution in [0.5, 0.6) is 0 Å². The summed E-state index contributed by atoms with van der Waals surface area (Å²) in [7, 11) is 0. The summed E-state index contributed by atoms with van der Waals surface area (Å²) in [6.45, 7) is 14.3. The number of benzene rings is 1. The summed E-state index contributed by atoms with van der Waals surface area (Å²) >= 11 is 0. The van der Waals surface area contributed by atoms with Gasteiger partial charge in [-0.3, -0.25) is 0 Å². The van der Waals surface area contributed by atoms with E-state index in [1.807, 2.05) is 0 Å². The van der Waals surface area contributed by atoms with Crippen molar-refractivity contribution >= 4 is 0 Å². The van der Waals surface area contributed by atoms with Crippen LogP contribution in [0.1, 0.15) is 51.3 Å². The summed E-state index contributed by atoms with van der Waals surface area (Å²) in [6.07, 6.45) is 0. The van der Waals surface area contributed by atoms with Crippen molar-refractivity contribution in [2.75, 3.05) is 0 Å². The van der Waals surface area contributed by atoms with Gasteiger partial charge in [-0.1, -0.05) is 52.8 Å². The van der Waals surface area contributed by atoms with Gasteiger partial charge in [-0.25, -0.2) is 0 Å². The second-order valence-electron chi connectivity index (χ2n) is 5.93. The predicted molar refractivity (Wildman–Crippen MR) is 71.9 cm³/mol. The van der Waals surface area contributed by atoms with Crippen molar-refractivity contribution in [2.45, 2.75) is 59.5 Å². The smallest absolute Gasteiger partial charge is 0.0210 e. The molecule has 0 fully saturated rings. The van der Waals surface area contributed by atoms with Gasteiger partial charge in [-0.05, 0) is 29.0 Å². The van der Waals surface area contributed by atoms with Crippen molar-refractivity contribution in [3.63, 3.8) is 0 Å². The molecule has 0 saturated heterocycles. The summed E-state index contributed by atoms with van der Waals surface area (Å²) < 4.78 is 0. The fourth-order valence-corrected chi connectivity index (χ4v) is 1.67. The average molecular weight is 219 g/mol. The highest BCUT2D eigenvalue weighted by Gasteiger charge is 2.14. The fourth-order valence-electron chi connectivity index (χ4n) is 1.67. The van der Waals surface area contributed by atoms with E-state index in [1.165, 1.54) is 16.7 Å². The minimum Gasteiger partial charge on any atom is -0.310 e. The van der Waals surface area contributed by atoms with Crippen molar-refractivity contribution in [3.05, 3.63) is 34.9 Å². The van der Waals surface area contributed by atoms with E-state index in [9.17, 15) is 0 Å². The molecule has 1 N–H and O–H groups in total. The summed E-state index contributed by atoms with van der Waals surface area (Å²) in [5.74, 6) is 0. The third-order valence-corrected chi connectivity index (χ3v) is 2.91. The molecule has 0 radical (unpaired) electrons. The highest BCUT2D eigenvalue weighted by atomic mass is 14.9. The Morgan fingerprint density at radius 1 is 1.19 bits per heavy atom. The highest BCUT2D eigenvalue weighted by molar-refractivity contribution is 5.34. The fraction of sp³-hybridized carbons (Fsp3) is 0.600. The Balaban J connectivity index is 2.84. The first kappa shape index (κ1) is 13.2. The quantitative estimate of drug-likeness (QED) is 0.815. The van der Waals surface area contributed by atoms with Gasteiger partial charge in [0.05, 0.1) is 0 Å². The van der Waals surface area contributed by atoms with E-state index < -0.39 is 0 Å². The van der Waals surface area contributed by atoms with E-state index in [-0.39, 0.29) is 5.41 Å². The largest absolute Gasteiger partial charge is 0.310 e. The maximum Gasteiger partial charge on any atom is 0.0210 e. The maximum absolute atomic E-state index is 3.46. The molecule has 1 heteroatoms. The van der Waals surface area contributed by atoms with Crippen molar-refractivity contribution in [3.8, 4) is 0 Å². The number of hydrogen-bond acceptors (Lipinski definition) is 1. The third-order valence-electron chi connectivity index (χ3n) is 2.91. The lowest BCUT2D eigenvalue weighted by atomic mass is 9.85. The summed E-state index contributed by atoms with van der Waals surface area (Å²) in [5, 5.41) is 3.46. The van der Waals surface area contributed by atoms with Crippen LogP contribution in [-0.2, 0) is 12.0 Å². The van der Waals surface area contributed by atoms with E-state index >= 15 is 0 Å². The molecule has 0 unspecified atom stereocenters. The van der Waals surface area contributed by atoms with Gasteiger partial charge < -0.3 is 5.32 Å². The zero-order valence-corrected chi connectivity index (χ0v) is 11.5. The Morgan fingerprint density at radius 3 is 2.25 bits per heavy atom. The van der Waals surface area contributed by atoms with Gasteiger partial charge in [0.1, 0.15) is 0 Å². The summed E-state index contributed by atoms with van der Waals surface area (Å²) in [4.78, 5) is 0. The van der Waals surface area contributed by atoms with Crippen molar-refractivity contribution in [1.29, 1.82) is 0 Å². The van der Waals surface area contributed by atoms with Crippen molar-refractivity contribution < 1.29 is 0 Å². The molecular formula is C15H25N. The molecule has 90 valence electrons. The number of nitrogens with one attached hydrogen (secondary N) is 1. The van der Waals surface area contributed by atoms with Gasteiger partial charge in [-0.15, -0.1) is 0 Å². The topological polar surface area (TPSA) is 12.0 Å². The molecule has 16 heavy (non-hydrogen) atoms. The molecule has 0 aliphatic carbocycles. The van der Waals surface area contributed by atoms with Crippen LogP contribution < -0.4 is 5.32 Å². The van der Waals surface area contributed by atoms with Crippen LogP contribution >= 0.6 is 0 Å². The Hall–Kier alpha value is -0.820. The Morgan fingerprint density at radius 2 is 1.81 bits per heavy atom. The zero-order chi connectivity index (χ0) is 12.3. The monoisotopic (exact) mass is 219 g/mol. The molecule has 0 atom stereocenters. The molecule has 1 nitrogen and oxygen atoms in total. The second kappa shape index (κ2) is 5.01. The molecule has 0 aromatic heterocycles. The molecule has 1 rings (SSSR count). The van der Waals surface area contributed by atoms with Crippen LogP contribution in [0.25, 0.3) is 0 Å². The van der Waals surface area contributed by atoms with E-state index in [0.29, 0.717) is 6.04 Å². The second-order valence-corrected chi connectivity index (χ2v) is 5.93. The van der Waals surface area contributed by atoms with Gasteiger partial charge in [0.25, 0.3) is 0 Å². The summed E-state index contributed by atoms with van der Waals surface area (Å²) in [5.41, 5.74) is 4.45. The first-order valence-corrected chi connectivity index (χ1v) is 6.14. The lowest BCUT2D eigenvalue weighted by Gasteiger charge is -2.21. The first-order chi connectivity index (χ1) is 7.30. The maximum atomic E-state index is 3.46. The third kappa shape index (κ3) is 3.64. The van der Waals surface area contributed by atoms with Gasteiger partial charge >= 0.3 is 0 Å². The molecule has 1 aromatic rings. The SMILES string of the molecule is Cc1cc(C(C)(C)C)ccc1CNC(C)C. The number of hydrogen-bond donors (Lipinski definition) is 1. The van der Waals surface area contributed by atoms with Crippen LogP contribution in [0.15, 0.2) is 18.2 Å². The van der Waals surface area contributed by atoms with Crippen LogP contribution in [0.3, 0.4) is 0 Å². The highest BCUT2D eigenvalue weighted by Crippen LogP contribution is 2.24. The van der Waals surface area contributed by atoms with Crippen molar-refractivity contribution in [1.82, 2.24) is 5.32 Å². The Kier molecular flexibility index (Phi) is 4.15. The summed E-state index contributed by atoms with van der Waals surface area (Å²) in [6, 6.07) is 7.37. The van der Waals surface area contributed by atoms with E-state index in [2.05, 4.69) is 65.1 Å². The van der Waals surface area contributed by atoms with Gasteiger partial charge in [-0.2, -0.15) is 0 Å². The zero-order valence-electron chi connectivity index (χ0n) is 11.5. The molecule has 0 spiro atoms. The molecule has 0 aliphatic heterocycles. The van der Waals surface area contributed by atoms with Gasteiger partial charge in [0.2, 0.25) is 0 Å². The molecule has 0 aliphatic rings. The van der Waals surface area contributed by atoms with Gasteiger partial charge in [0, 0.05) is 12.6 Å². The Bertz CT molecular complexity index is 345. The Labute approximate surface area is 100 Å². The molecule has 0 heterocycles. The number of aryl methyl sites for hydroxylation is 1. The van der Waals surface area contributed by atoms with Crippen LogP contribution in [0.2, 0.25) is 0 Å². The molecule has 0 amide bonds.